The predicted octanol–water partition coefficient (Wildman–Crippen LogP) is 6.28. The van der Waals surface area contributed by atoms with Crippen LogP contribution in [-0.4, -0.2) is 46.0 Å². The van der Waals surface area contributed by atoms with Gasteiger partial charge in [0.1, 0.15) is 12.3 Å². The lowest BCUT2D eigenvalue weighted by molar-refractivity contribution is -0.154. The van der Waals surface area contributed by atoms with Crippen LogP contribution in [0.15, 0.2) is 120 Å². The van der Waals surface area contributed by atoms with Crippen molar-refractivity contribution >= 4 is 41.1 Å². The number of esters is 1. The first-order valence-electron chi connectivity index (χ1n) is 15.3. The number of Topliss-reactive ketones (excluding diaryl/α,β-unsaturated/α-hetero) is 1. The van der Waals surface area contributed by atoms with Crippen LogP contribution in [0.2, 0.25) is 5.02 Å². The molecule has 0 radical (unpaired) electrons. The summed E-state index contributed by atoms with van der Waals surface area (Å²) in [6, 6.07) is 30.5. The van der Waals surface area contributed by atoms with Gasteiger partial charge in [-0.3, -0.25) is 19.2 Å². The number of amides is 3. The molecular weight excluding hydrogens is 632 g/mol. The molecule has 10 heteroatoms. The number of rotatable bonds is 7. The molecule has 236 valence electrons. The summed E-state index contributed by atoms with van der Waals surface area (Å²) in [6.07, 6.45) is 1.35. The average Bonchev–Trinajstić information content (AvgIpc) is 3.75. The number of hydrazine groups is 1. The van der Waals surface area contributed by atoms with Crippen molar-refractivity contribution in [1.82, 2.24) is 10.0 Å². The van der Waals surface area contributed by atoms with Crippen LogP contribution < -0.4 is 4.74 Å². The Labute approximate surface area is 279 Å². The first kappa shape index (κ1) is 29.6. The van der Waals surface area contributed by atoms with Gasteiger partial charge in [-0.25, -0.2) is 9.80 Å². The van der Waals surface area contributed by atoms with Gasteiger partial charge >= 0.3 is 5.97 Å². The molecule has 3 amide bonds. The summed E-state index contributed by atoms with van der Waals surface area (Å²) >= 11 is 6.08. The SMILES string of the molecule is O=C(CN(C(=O)c1ccc(Cl)cc1)N1C(=O)[C@H]2C3c4ccccc4C(c4ccccc43)[C@@H]2C1=O)c1ccc(OC(=O)c2ccco2)cc1. The lowest BCUT2D eigenvalue weighted by atomic mass is 9.55. The minimum atomic E-state index is -0.744. The summed E-state index contributed by atoms with van der Waals surface area (Å²) in [5.74, 6) is -5.06. The second-order valence-corrected chi connectivity index (χ2v) is 12.4. The minimum absolute atomic E-state index is 0.0200. The van der Waals surface area contributed by atoms with Crippen LogP contribution in [0.3, 0.4) is 0 Å². The van der Waals surface area contributed by atoms with E-state index in [1.165, 1.54) is 60.9 Å². The smallest absolute Gasteiger partial charge is 0.379 e. The summed E-state index contributed by atoms with van der Waals surface area (Å²) in [5, 5.41) is 2.24. The van der Waals surface area contributed by atoms with E-state index in [-0.39, 0.29) is 34.5 Å². The highest BCUT2D eigenvalue weighted by Crippen LogP contribution is 2.61. The van der Waals surface area contributed by atoms with Crippen LogP contribution >= 0.6 is 11.6 Å². The van der Waals surface area contributed by atoms with Gasteiger partial charge in [-0.2, -0.15) is 5.01 Å². The average molecular weight is 657 g/mol. The van der Waals surface area contributed by atoms with Gasteiger partial charge in [-0.1, -0.05) is 60.1 Å². The molecule has 0 spiro atoms. The van der Waals surface area contributed by atoms with Crippen molar-refractivity contribution < 1.29 is 33.1 Å². The molecule has 4 aliphatic rings. The summed E-state index contributed by atoms with van der Waals surface area (Å²) in [5.41, 5.74) is 4.29. The van der Waals surface area contributed by atoms with Crippen molar-refractivity contribution in [2.24, 2.45) is 11.8 Å². The number of hydrogen-bond acceptors (Lipinski definition) is 7. The molecule has 9 rings (SSSR count). The molecule has 2 atom stereocenters. The van der Waals surface area contributed by atoms with Crippen LogP contribution in [-0.2, 0) is 9.59 Å². The number of nitrogens with zero attached hydrogens (tertiary/aromatic N) is 2. The van der Waals surface area contributed by atoms with Crippen LogP contribution in [0.25, 0.3) is 0 Å². The zero-order chi connectivity index (χ0) is 33.1. The maximum absolute atomic E-state index is 14.5. The number of benzene rings is 4. The van der Waals surface area contributed by atoms with Gasteiger partial charge in [-0.15, -0.1) is 0 Å². The molecule has 2 heterocycles. The van der Waals surface area contributed by atoms with Crippen molar-refractivity contribution in [3.8, 4) is 5.75 Å². The molecule has 0 saturated carbocycles. The second kappa shape index (κ2) is 11.5. The molecule has 0 N–H and O–H groups in total. The highest BCUT2D eigenvalue weighted by atomic mass is 35.5. The number of halogens is 1. The van der Waals surface area contributed by atoms with E-state index in [9.17, 15) is 24.0 Å². The van der Waals surface area contributed by atoms with Gasteiger partial charge < -0.3 is 9.15 Å². The molecule has 48 heavy (non-hydrogen) atoms. The molecule has 1 aliphatic heterocycles. The third kappa shape index (κ3) is 4.65. The highest BCUT2D eigenvalue weighted by Gasteiger charge is 2.63. The first-order valence-corrected chi connectivity index (χ1v) is 15.7. The number of carbonyl (C=O) groups is 5. The summed E-state index contributed by atoms with van der Waals surface area (Å²) in [6.45, 7) is -0.598. The normalized spacial score (nSPS) is 20.1. The molecule has 1 fully saturated rings. The Morgan fingerprint density at radius 3 is 1.71 bits per heavy atom. The second-order valence-electron chi connectivity index (χ2n) is 11.9. The highest BCUT2D eigenvalue weighted by molar-refractivity contribution is 6.30. The van der Waals surface area contributed by atoms with Gasteiger partial charge in [0.25, 0.3) is 17.7 Å². The maximum atomic E-state index is 14.5. The van der Waals surface area contributed by atoms with E-state index < -0.39 is 47.9 Å². The Morgan fingerprint density at radius 1 is 0.688 bits per heavy atom. The summed E-state index contributed by atoms with van der Waals surface area (Å²) < 4.78 is 10.4. The Hall–Kier alpha value is -5.80. The molecule has 9 nitrogen and oxygen atoms in total. The van der Waals surface area contributed by atoms with Crippen molar-refractivity contribution in [3.05, 3.63) is 160 Å². The molecule has 1 saturated heterocycles. The fraction of sp³-hybridized carbons (Fsp3) is 0.132. The van der Waals surface area contributed by atoms with Crippen molar-refractivity contribution in [1.29, 1.82) is 0 Å². The summed E-state index contributed by atoms with van der Waals surface area (Å²) in [7, 11) is 0. The van der Waals surface area contributed by atoms with E-state index in [2.05, 4.69) is 0 Å². The van der Waals surface area contributed by atoms with E-state index in [0.717, 1.165) is 32.3 Å². The molecule has 2 bridgehead atoms. The quantitative estimate of drug-likeness (QED) is 0.0876. The third-order valence-corrected chi connectivity index (χ3v) is 9.65. The molecule has 0 unspecified atom stereocenters. The van der Waals surface area contributed by atoms with Gasteiger partial charge in [-0.05, 0) is 82.9 Å². The van der Waals surface area contributed by atoms with Crippen LogP contribution in [0.4, 0.5) is 0 Å². The van der Waals surface area contributed by atoms with E-state index in [1.54, 1.807) is 6.07 Å². The number of ether oxygens (including phenoxy) is 1. The zero-order valence-electron chi connectivity index (χ0n) is 25.1. The van der Waals surface area contributed by atoms with Crippen molar-refractivity contribution in [2.75, 3.05) is 6.54 Å². The molecule has 5 aromatic rings. The van der Waals surface area contributed by atoms with E-state index >= 15 is 0 Å². The molecule has 4 aromatic carbocycles. The minimum Gasteiger partial charge on any atom is -0.457 e. The Morgan fingerprint density at radius 2 is 1.21 bits per heavy atom. The Kier molecular flexibility index (Phi) is 7.07. The summed E-state index contributed by atoms with van der Waals surface area (Å²) in [4.78, 5) is 69.1. The van der Waals surface area contributed by atoms with Crippen LogP contribution in [0, 0.1) is 11.8 Å². The number of ketones is 1. The largest absolute Gasteiger partial charge is 0.457 e. The number of carbonyl (C=O) groups excluding carboxylic acids is 5. The lowest BCUT2D eigenvalue weighted by Crippen LogP contribution is -2.52. The standard InChI is InChI=1S/C38H25ClN2O7/c39-23-15-11-22(12-16-23)35(43)40(20-29(42)21-13-17-24(18-14-21)48-38(46)30-10-5-19-47-30)41-36(44)33-31-25-6-1-2-7-26(25)32(34(33)37(41)45)28-9-4-3-8-27(28)31/h1-19,31-34H,20H2/t31?,32?,33-,34-/m0/s1. The van der Waals surface area contributed by atoms with Gasteiger partial charge in [0, 0.05) is 28.0 Å². The van der Waals surface area contributed by atoms with Gasteiger partial charge in [0.2, 0.25) is 5.76 Å². The van der Waals surface area contributed by atoms with Crippen LogP contribution in [0.5, 0.6) is 5.75 Å². The maximum Gasteiger partial charge on any atom is 0.379 e. The lowest BCUT2D eigenvalue weighted by Gasteiger charge is -2.45. The van der Waals surface area contributed by atoms with Crippen LogP contribution in [0.1, 0.15) is 65.4 Å². The Bertz CT molecular complexity index is 2010. The van der Waals surface area contributed by atoms with Gasteiger partial charge in [0.15, 0.2) is 5.78 Å². The third-order valence-electron chi connectivity index (χ3n) is 9.39. The first-order chi connectivity index (χ1) is 23.3. The monoisotopic (exact) mass is 656 g/mol. The Balaban J connectivity index is 1.13. The predicted molar refractivity (Wildman–Crippen MR) is 172 cm³/mol. The number of hydrogen-bond donors (Lipinski definition) is 0. The fourth-order valence-electron chi connectivity index (χ4n) is 7.36. The topological polar surface area (TPSA) is 114 Å². The number of imide groups is 1. The van der Waals surface area contributed by atoms with E-state index in [0.29, 0.717) is 5.02 Å². The van der Waals surface area contributed by atoms with Crippen molar-refractivity contribution in [2.45, 2.75) is 11.8 Å². The molecular formula is C38H25ClN2O7. The van der Waals surface area contributed by atoms with Crippen molar-refractivity contribution in [3.63, 3.8) is 0 Å². The molecule has 1 aromatic heterocycles. The number of furan rings is 1. The molecule has 3 aliphatic carbocycles. The van der Waals surface area contributed by atoms with E-state index in [1.807, 2.05) is 48.5 Å². The zero-order valence-corrected chi connectivity index (χ0v) is 25.9. The van der Waals surface area contributed by atoms with E-state index in [4.69, 9.17) is 20.8 Å². The van der Waals surface area contributed by atoms with Gasteiger partial charge in [0.05, 0.1) is 18.1 Å². The fourth-order valence-corrected chi connectivity index (χ4v) is 7.49.